The molecular formula is C14H18N2O2. The molecule has 0 radical (unpaired) electrons. The molecule has 2 aromatic rings. The zero-order chi connectivity index (χ0) is 13.0. The Morgan fingerprint density at radius 1 is 1.28 bits per heavy atom. The molecule has 0 unspecified atom stereocenters. The minimum absolute atomic E-state index is 0.693. The van der Waals surface area contributed by atoms with Gasteiger partial charge in [-0.15, -0.1) is 0 Å². The molecule has 0 atom stereocenters. The van der Waals surface area contributed by atoms with Crippen molar-refractivity contribution in [2.45, 2.75) is 13.3 Å². The smallest absolute Gasteiger partial charge is 0.161 e. The van der Waals surface area contributed by atoms with Crippen molar-refractivity contribution >= 4 is 0 Å². The average molecular weight is 246 g/mol. The number of hydrogen-bond donors (Lipinski definition) is 0. The van der Waals surface area contributed by atoms with Crippen LogP contribution in [0.3, 0.4) is 0 Å². The summed E-state index contributed by atoms with van der Waals surface area (Å²) in [7, 11) is 3.62. The molecule has 0 amide bonds. The topological polar surface area (TPSA) is 36.3 Å². The lowest BCUT2D eigenvalue weighted by Gasteiger charge is -2.11. The van der Waals surface area contributed by atoms with Gasteiger partial charge in [-0.1, -0.05) is 6.92 Å². The summed E-state index contributed by atoms with van der Waals surface area (Å²) in [6.45, 7) is 2.77. The van der Waals surface area contributed by atoms with Gasteiger partial charge in [-0.05, 0) is 24.6 Å². The van der Waals surface area contributed by atoms with Gasteiger partial charge in [0.05, 0.1) is 13.7 Å². The quantitative estimate of drug-likeness (QED) is 0.814. The van der Waals surface area contributed by atoms with Gasteiger partial charge in [0, 0.05) is 25.0 Å². The maximum Gasteiger partial charge on any atom is 0.161 e. The highest BCUT2D eigenvalue weighted by molar-refractivity contribution is 5.61. The van der Waals surface area contributed by atoms with Crippen LogP contribution < -0.4 is 9.47 Å². The van der Waals surface area contributed by atoms with Crippen molar-refractivity contribution in [3.8, 4) is 22.9 Å². The fourth-order valence-corrected chi connectivity index (χ4v) is 1.78. The van der Waals surface area contributed by atoms with Crippen molar-refractivity contribution in [1.82, 2.24) is 9.55 Å². The van der Waals surface area contributed by atoms with Gasteiger partial charge in [-0.25, -0.2) is 4.98 Å². The van der Waals surface area contributed by atoms with Crippen LogP contribution in [0.1, 0.15) is 13.3 Å². The van der Waals surface area contributed by atoms with Crippen molar-refractivity contribution in [2.75, 3.05) is 13.7 Å². The minimum atomic E-state index is 0.693. The maximum atomic E-state index is 5.63. The highest BCUT2D eigenvalue weighted by Gasteiger charge is 2.09. The molecule has 2 rings (SSSR count). The first-order valence-corrected chi connectivity index (χ1v) is 6.04. The second kappa shape index (κ2) is 5.58. The Labute approximate surface area is 107 Å². The first-order valence-electron chi connectivity index (χ1n) is 6.04. The van der Waals surface area contributed by atoms with Crippen LogP contribution in [0.5, 0.6) is 11.5 Å². The second-order valence-electron chi connectivity index (χ2n) is 4.08. The Hall–Kier alpha value is -1.97. The van der Waals surface area contributed by atoms with E-state index in [2.05, 4.69) is 11.9 Å². The summed E-state index contributed by atoms with van der Waals surface area (Å²) in [5.41, 5.74) is 1.02. The molecule has 0 saturated heterocycles. The number of benzene rings is 1. The molecule has 0 aliphatic carbocycles. The molecule has 0 bridgehead atoms. The van der Waals surface area contributed by atoms with Crippen LogP contribution in [-0.4, -0.2) is 23.3 Å². The monoisotopic (exact) mass is 246 g/mol. The fraction of sp³-hybridized carbons (Fsp3) is 0.357. The van der Waals surface area contributed by atoms with Gasteiger partial charge in [-0.3, -0.25) is 0 Å². The van der Waals surface area contributed by atoms with Crippen molar-refractivity contribution in [3.63, 3.8) is 0 Å². The molecule has 0 spiro atoms. The number of nitrogens with zero attached hydrogens (tertiary/aromatic N) is 2. The van der Waals surface area contributed by atoms with Crippen molar-refractivity contribution in [2.24, 2.45) is 7.05 Å². The van der Waals surface area contributed by atoms with Gasteiger partial charge >= 0.3 is 0 Å². The highest BCUT2D eigenvalue weighted by Crippen LogP contribution is 2.31. The van der Waals surface area contributed by atoms with Gasteiger partial charge in [0.1, 0.15) is 5.82 Å². The molecule has 1 aromatic heterocycles. The Morgan fingerprint density at radius 3 is 2.72 bits per heavy atom. The van der Waals surface area contributed by atoms with Gasteiger partial charge < -0.3 is 14.0 Å². The molecule has 1 aromatic carbocycles. The fourth-order valence-electron chi connectivity index (χ4n) is 1.78. The zero-order valence-corrected chi connectivity index (χ0v) is 11.0. The molecule has 1 heterocycles. The normalized spacial score (nSPS) is 10.4. The number of aryl methyl sites for hydroxylation is 1. The lowest BCUT2D eigenvalue weighted by Crippen LogP contribution is -1.98. The van der Waals surface area contributed by atoms with E-state index in [4.69, 9.17) is 9.47 Å². The number of imidazole rings is 1. The molecule has 18 heavy (non-hydrogen) atoms. The van der Waals surface area contributed by atoms with E-state index >= 15 is 0 Å². The molecule has 0 N–H and O–H groups in total. The third-order valence-electron chi connectivity index (χ3n) is 2.70. The summed E-state index contributed by atoms with van der Waals surface area (Å²) in [5.74, 6) is 2.43. The Bertz CT molecular complexity index is 520. The van der Waals surface area contributed by atoms with Gasteiger partial charge in [0.2, 0.25) is 0 Å². The van der Waals surface area contributed by atoms with E-state index in [-0.39, 0.29) is 0 Å². The Balaban J connectivity index is 2.33. The summed E-state index contributed by atoms with van der Waals surface area (Å²) in [6.07, 6.45) is 4.68. The predicted octanol–water partition coefficient (Wildman–Crippen LogP) is 2.88. The lowest BCUT2D eigenvalue weighted by atomic mass is 10.2. The van der Waals surface area contributed by atoms with Crippen LogP contribution in [0, 0.1) is 0 Å². The Kier molecular flexibility index (Phi) is 3.87. The lowest BCUT2D eigenvalue weighted by molar-refractivity contribution is 0.294. The number of hydrogen-bond acceptors (Lipinski definition) is 3. The largest absolute Gasteiger partial charge is 0.493 e. The summed E-state index contributed by atoms with van der Waals surface area (Å²) in [4.78, 5) is 4.32. The van der Waals surface area contributed by atoms with E-state index in [1.807, 2.05) is 36.0 Å². The molecule has 0 saturated carbocycles. The third-order valence-corrected chi connectivity index (χ3v) is 2.70. The predicted molar refractivity (Wildman–Crippen MR) is 71.0 cm³/mol. The average Bonchev–Trinajstić information content (AvgIpc) is 2.82. The van der Waals surface area contributed by atoms with E-state index in [1.165, 1.54) is 0 Å². The number of ether oxygens (including phenoxy) is 2. The van der Waals surface area contributed by atoms with E-state index < -0.39 is 0 Å². The van der Waals surface area contributed by atoms with Crippen LogP contribution in [0.15, 0.2) is 30.6 Å². The van der Waals surface area contributed by atoms with Crippen molar-refractivity contribution in [1.29, 1.82) is 0 Å². The van der Waals surface area contributed by atoms with E-state index in [9.17, 15) is 0 Å². The summed E-state index contributed by atoms with van der Waals surface area (Å²) >= 11 is 0. The standard InChI is InChI=1S/C14H18N2O2/c1-4-9-18-12-6-5-11(10-13(12)17-3)14-15-7-8-16(14)2/h5-8,10H,4,9H2,1-3H3. The van der Waals surface area contributed by atoms with Crippen LogP contribution in [-0.2, 0) is 7.05 Å². The summed E-state index contributed by atoms with van der Waals surface area (Å²) in [5, 5.41) is 0. The minimum Gasteiger partial charge on any atom is -0.493 e. The molecular weight excluding hydrogens is 228 g/mol. The molecule has 4 heteroatoms. The number of aromatic nitrogens is 2. The maximum absolute atomic E-state index is 5.63. The van der Waals surface area contributed by atoms with Gasteiger partial charge in [-0.2, -0.15) is 0 Å². The van der Waals surface area contributed by atoms with Crippen LogP contribution in [0.4, 0.5) is 0 Å². The van der Waals surface area contributed by atoms with Crippen molar-refractivity contribution in [3.05, 3.63) is 30.6 Å². The first-order chi connectivity index (χ1) is 8.76. The van der Waals surface area contributed by atoms with E-state index in [0.717, 1.165) is 29.3 Å². The van der Waals surface area contributed by atoms with Crippen LogP contribution >= 0.6 is 0 Å². The first kappa shape index (κ1) is 12.5. The number of rotatable bonds is 5. The zero-order valence-electron chi connectivity index (χ0n) is 11.0. The molecule has 0 fully saturated rings. The molecule has 0 aliphatic rings. The van der Waals surface area contributed by atoms with Gasteiger partial charge in [0.15, 0.2) is 11.5 Å². The highest BCUT2D eigenvalue weighted by atomic mass is 16.5. The van der Waals surface area contributed by atoms with E-state index in [0.29, 0.717) is 6.61 Å². The molecule has 0 aliphatic heterocycles. The SMILES string of the molecule is CCCOc1ccc(-c2nccn2C)cc1OC. The molecule has 96 valence electrons. The van der Waals surface area contributed by atoms with E-state index in [1.54, 1.807) is 13.3 Å². The Morgan fingerprint density at radius 2 is 2.11 bits per heavy atom. The summed E-state index contributed by atoms with van der Waals surface area (Å²) in [6, 6.07) is 5.88. The summed E-state index contributed by atoms with van der Waals surface area (Å²) < 4.78 is 13.0. The van der Waals surface area contributed by atoms with Crippen molar-refractivity contribution < 1.29 is 9.47 Å². The van der Waals surface area contributed by atoms with Crippen LogP contribution in [0.2, 0.25) is 0 Å². The second-order valence-corrected chi connectivity index (χ2v) is 4.08. The number of methoxy groups -OCH3 is 1. The third kappa shape index (κ3) is 2.47. The van der Waals surface area contributed by atoms with Crippen LogP contribution in [0.25, 0.3) is 11.4 Å². The van der Waals surface area contributed by atoms with Gasteiger partial charge in [0.25, 0.3) is 0 Å². The molecule has 4 nitrogen and oxygen atoms in total.